The predicted octanol–water partition coefficient (Wildman–Crippen LogP) is 0.129. The Morgan fingerprint density at radius 1 is 1.35 bits per heavy atom. The topological polar surface area (TPSA) is 82.3 Å². The summed E-state index contributed by atoms with van der Waals surface area (Å²) < 4.78 is 5.54. The molecular formula is C11H19NO4S. The summed E-state index contributed by atoms with van der Waals surface area (Å²) >= 11 is 1.50. The zero-order chi connectivity index (χ0) is 12.4. The van der Waals surface area contributed by atoms with E-state index in [1.165, 1.54) is 11.8 Å². The van der Waals surface area contributed by atoms with Crippen LogP contribution in [-0.2, 0) is 4.74 Å². The molecule has 0 spiro atoms. The van der Waals surface area contributed by atoms with Gasteiger partial charge in [-0.25, -0.2) is 0 Å². The van der Waals surface area contributed by atoms with Gasteiger partial charge in [0.2, 0.25) is 0 Å². The zero-order valence-electron chi connectivity index (χ0n) is 9.82. The first-order valence-corrected chi connectivity index (χ1v) is 6.91. The van der Waals surface area contributed by atoms with Crippen LogP contribution < -0.4 is 0 Å². The van der Waals surface area contributed by atoms with E-state index in [9.17, 15) is 10.2 Å². The van der Waals surface area contributed by atoms with Crippen LogP contribution in [0.2, 0.25) is 0 Å². The SMILES string of the molecule is CCCCC1=N[C@@H]2C(O[C@H](CO)[C@@H](O)[C@@H]2O)S1. The highest BCUT2D eigenvalue weighted by Crippen LogP contribution is 2.37. The number of aliphatic hydroxyl groups excluding tert-OH is 3. The van der Waals surface area contributed by atoms with E-state index in [1.807, 2.05) is 0 Å². The highest BCUT2D eigenvalue weighted by molar-refractivity contribution is 8.14. The number of hydrogen-bond acceptors (Lipinski definition) is 6. The molecule has 0 aromatic carbocycles. The summed E-state index contributed by atoms with van der Waals surface area (Å²) in [5.41, 5.74) is -0.266. The van der Waals surface area contributed by atoms with Crippen LogP contribution in [0.5, 0.6) is 0 Å². The van der Waals surface area contributed by atoms with Crippen molar-refractivity contribution in [1.82, 2.24) is 0 Å². The highest BCUT2D eigenvalue weighted by Gasteiger charge is 2.47. The minimum absolute atomic E-state index is 0.266. The molecule has 3 N–H and O–H groups in total. The van der Waals surface area contributed by atoms with Crippen LogP contribution in [0, 0.1) is 0 Å². The summed E-state index contributed by atoms with van der Waals surface area (Å²) in [5.74, 6) is 0. The van der Waals surface area contributed by atoms with Crippen molar-refractivity contribution in [2.45, 2.75) is 56.0 Å². The molecule has 2 aliphatic rings. The Bertz CT molecular complexity index is 299. The largest absolute Gasteiger partial charge is 0.394 e. The maximum atomic E-state index is 9.93. The number of aliphatic hydroxyl groups is 3. The molecule has 0 bridgehead atoms. The van der Waals surface area contributed by atoms with Gasteiger partial charge in [-0.15, -0.1) is 0 Å². The van der Waals surface area contributed by atoms with Crippen LogP contribution in [0.25, 0.3) is 0 Å². The van der Waals surface area contributed by atoms with E-state index >= 15 is 0 Å². The van der Waals surface area contributed by atoms with E-state index in [1.54, 1.807) is 0 Å². The molecular weight excluding hydrogens is 242 g/mol. The molecule has 1 saturated heterocycles. The summed E-state index contributed by atoms with van der Waals surface area (Å²) in [6.07, 6.45) is 0.339. The van der Waals surface area contributed by atoms with Crippen molar-refractivity contribution in [3.05, 3.63) is 0 Å². The van der Waals surface area contributed by atoms with Gasteiger partial charge < -0.3 is 20.1 Å². The summed E-state index contributed by atoms with van der Waals surface area (Å²) in [6, 6.07) is -0.398. The number of unbranched alkanes of at least 4 members (excludes halogenated alkanes) is 1. The Morgan fingerprint density at radius 2 is 2.12 bits per heavy atom. The van der Waals surface area contributed by atoms with Crippen molar-refractivity contribution in [2.75, 3.05) is 6.61 Å². The maximum Gasteiger partial charge on any atom is 0.134 e. The molecule has 0 aromatic rings. The van der Waals surface area contributed by atoms with Gasteiger partial charge in [-0.2, -0.15) is 0 Å². The fourth-order valence-electron chi connectivity index (χ4n) is 2.08. The van der Waals surface area contributed by atoms with Crippen LogP contribution in [0.15, 0.2) is 4.99 Å². The monoisotopic (exact) mass is 261 g/mol. The van der Waals surface area contributed by atoms with Crippen LogP contribution in [0.4, 0.5) is 0 Å². The van der Waals surface area contributed by atoms with Crippen molar-refractivity contribution >= 4 is 16.8 Å². The Labute approximate surface area is 105 Å². The Balaban J connectivity index is 2.01. The second-order valence-electron chi connectivity index (χ2n) is 4.44. The number of fused-ring (bicyclic) bond motifs is 1. The second kappa shape index (κ2) is 5.67. The Hall–Kier alpha value is -0.140. The Kier molecular flexibility index (Phi) is 4.43. The molecule has 0 aliphatic carbocycles. The van der Waals surface area contributed by atoms with Crippen molar-refractivity contribution in [3.8, 4) is 0 Å². The smallest absolute Gasteiger partial charge is 0.134 e. The molecule has 0 radical (unpaired) electrons. The van der Waals surface area contributed by atoms with Crippen molar-refractivity contribution < 1.29 is 20.1 Å². The molecule has 1 fully saturated rings. The van der Waals surface area contributed by atoms with Crippen molar-refractivity contribution in [1.29, 1.82) is 0 Å². The summed E-state index contributed by atoms with van der Waals surface area (Å²) in [4.78, 5) is 4.41. The van der Waals surface area contributed by atoms with Gasteiger partial charge in [0.15, 0.2) is 0 Å². The molecule has 6 heteroatoms. The van der Waals surface area contributed by atoms with Crippen LogP contribution >= 0.6 is 11.8 Å². The molecule has 0 saturated carbocycles. The summed E-state index contributed by atoms with van der Waals surface area (Å²) in [7, 11) is 0. The average molecular weight is 261 g/mol. The normalized spacial score (nSPS) is 41.2. The zero-order valence-corrected chi connectivity index (χ0v) is 10.6. The lowest BCUT2D eigenvalue weighted by Gasteiger charge is -2.37. The van der Waals surface area contributed by atoms with E-state index in [2.05, 4.69) is 11.9 Å². The minimum Gasteiger partial charge on any atom is -0.394 e. The van der Waals surface area contributed by atoms with Gasteiger partial charge in [0.05, 0.1) is 11.7 Å². The molecule has 0 amide bonds. The number of ether oxygens (including phenoxy) is 1. The van der Waals surface area contributed by atoms with Crippen molar-refractivity contribution in [3.63, 3.8) is 0 Å². The lowest BCUT2D eigenvalue weighted by atomic mass is 9.99. The van der Waals surface area contributed by atoms with Crippen LogP contribution in [0.3, 0.4) is 0 Å². The third-order valence-electron chi connectivity index (χ3n) is 3.14. The maximum absolute atomic E-state index is 9.93. The Morgan fingerprint density at radius 3 is 2.76 bits per heavy atom. The van der Waals surface area contributed by atoms with Crippen LogP contribution in [-0.4, -0.2) is 56.8 Å². The fraction of sp³-hybridized carbons (Fsp3) is 0.909. The third kappa shape index (κ3) is 2.66. The highest BCUT2D eigenvalue weighted by atomic mass is 32.2. The lowest BCUT2D eigenvalue weighted by Crippen LogP contribution is -2.55. The summed E-state index contributed by atoms with van der Waals surface area (Å²) in [6.45, 7) is 1.83. The van der Waals surface area contributed by atoms with E-state index < -0.39 is 24.4 Å². The lowest BCUT2D eigenvalue weighted by molar-refractivity contribution is -0.164. The van der Waals surface area contributed by atoms with Gasteiger partial charge in [0.25, 0.3) is 0 Å². The van der Waals surface area contributed by atoms with Gasteiger partial charge in [-0.1, -0.05) is 25.1 Å². The van der Waals surface area contributed by atoms with Gasteiger partial charge in [-0.05, 0) is 12.8 Å². The summed E-state index contributed by atoms with van der Waals surface area (Å²) in [5, 5.41) is 29.7. The predicted molar refractivity (Wildman–Crippen MR) is 66.1 cm³/mol. The van der Waals surface area contributed by atoms with Gasteiger partial charge in [0.1, 0.15) is 29.8 Å². The molecule has 1 unspecified atom stereocenters. The second-order valence-corrected chi connectivity index (χ2v) is 5.61. The molecule has 98 valence electrons. The van der Waals surface area contributed by atoms with Crippen LogP contribution in [0.1, 0.15) is 26.2 Å². The number of rotatable bonds is 4. The minimum atomic E-state index is -1.06. The van der Waals surface area contributed by atoms with E-state index in [0.717, 1.165) is 24.3 Å². The van der Waals surface area contributed by atoms with Gasteiger partial charge in [0, 0.05) is 0 Å². The quantitative estimate of drug-likeness (QED) is 0.670. The van der Waals surface area contributed by atoms with Crippen molar-refractivity contribution in [2.24, 2.45) is 4.99 Å². The number of aliphatic imine (C=N–C) groups is 1. The molecule has 2 aliphatic heterocycles. The fourth-order valence-corrected chi connectivity index (χ4v) is 3.36. The molecule has 5 atom stereocenters. The molecule has 5 nitrogen and oxygen atoms in total. The van der Waals surface area contributed by atoms with E-state index in [-0.39, 0.29) is 12.0 Å². The van der Waals surface area contributed by atoms with E-state index in [0.29, 0.717) is 0 Å². The molecule has 17 heavy (non-hydrogen) atoms. The van der Waals surface area contributed by atoms with E-state index in [4.69, 9.17) is 9.84 Å². The third-order valence-corrected chi connectivity index (χ3v) is 4.34. The first-order valence-electron chi connectivity index (χ1n) is 6.03. The molecule has 0 aromatic heterocycles. The molecule has 2 heterocycles. The van der Waals surface area contributed by atoms with Gasteiger partial charge in [-0.3, -0.25) is 4.99 Å². The number of hydrogen-bond donors (Lipinski definition) is 3. The van der Waals surface area contributed by atoms with Gasteiger partial charge >= 0.3 is 0 Å². The number of thioether (sulfide) groups is 1. The molecule has 2 rings (SSSR count). The standard InChI is InChI=1S/C11H19NO4S/c1-2-3-4-7-12-8-10(15)9(14)6(5-13)16-11(8)17-7/h6,8-11,13-15H,2-5H2,1H3/t6-,8+,9-,10-,11?/m1/s1. The number of nitrogens with zero attached hydrogens (tertiary/aromatic N) is 1. The first kappa shape index (κ1) is 13.3. The first-order chi connectivity index (χ1) is 8.17. The average Bonchev–Trinajstić information content (AvgIpc) is 2.74.